The van der Waals surface area contributed by atoms with Gasteiger partial charge in [-0.25, -0.2) is 0 Å². The number of aryl methyl sites for hydroxylation is 2. The fourth-order valence-electron chi connectivity index (χ4n) is 1.57. The average Bonchev–Trinajstić information content (AvgIpc) is 2.24. The number of benzene rings is 1. The van der Waals surface area contributed by atoms with Gasteiger partial charge in [-0.05, 0) is 30.4 Å². The summed E-state index contributed by atoms with van der Waals surface area (Å²) in [6, 6.07) is 8.25. The first-order valence-electron chi connectivity index (χ1n) is 5.52. The molecule has 0 aliphatic heterocycles. The Morgan fingerprint density at radius 1 is 1.27 bits per heavy atom. The van der Waals surface area contributed by atoms with Crippen LogP contribution in [0.25, 0.3) is 0 Å². The van der Waals surface area contributed by atoms with Crippen LogP contribution in [0.2, 0.25) is 0 Å². The summed E-state index contributed by atoms with van der Waals surface area (Å²) in [6.45, 7) is 2.17. The van der Waals surface area contributed by atoms with E-state index in [-0.39, 0.29) is 6.42 Å². The number of carboxylic acid groups (broad SMARTS) is 1. The molecule has 1 aromatic rings. The maximum absolute atomic E-state index is 10.4. The highest BCUT2D eigenvalue weighted by molar-refractivity contribution is 5.67. The van der Waals surface area contributed by atoms with Crippen molar-refractivity contribution in [2.75, 3.05) is 0 Å². The van der Waals surface area contributed by atoms with E-state index in [1.54, 1.807) is 0 Å². The summed E-state index contributed by atoms with van der Waals surface area (Å²) in [7, 11) is 0. The predicted molar refractivity (Wildman–Crippen MR) is 61.0 cm³/mol. The van der Waals surface area contributed by atoms with Crippen LogP contribution in [0.5, 0.6) is 0 Å². The molecule has 0 saturated carbocycles. The number of carbonyl (C=O) groups is 1. The molecular formula is C13H18O2. The van der Waals surface area contributed by atoms with Gasteiger partial charge < -0.3 is 5.11 Å². The molecule has 15 heavy (non-hydrogen) atoms. The van der Waals surface area contributed by atoms with Gasteiger partial charge in [0.1, 0.15) is 0 Å². The largest absolute Gasteiger partial charge is 0.481 e. The molecule has 2 nitrogen and oxygen atoms in total. The summed E-state index contributed by atoms with van der Waals surface area (Å²) in [5.41, 5.74) is 2.45. The Morgan fingerprint density at radius 2 is 1.93 bits per heavy atom. The average molecular weight is 206 g/mol. The molecule has 0 radical (unpaired) electrons. The van der Waals surface area contributed by atoms with Crippen LogP contribution < -0.4 is 0 Å². The molecule has 0 aromatic heterocycles. The van der Waals surface area contributed by atoms with Crippen LogP contribution in [0.1, 0.15) is 37.3 Å². The molecule has 0 bridgehead atoms. The number of rotatable bonds is 6. The van der Waals surface area contributed by atoms with Crippen LogP contribution in [0.15, 0.2) is 24.3 Å². The molecular weight excluding hydrogens is 188 g/mol. The Labute approximate surface area is 90.9 Å². The topological polar surface area (TPSA) is 37.3 Å². The lowest BCUT2D eigenvalue weighted by Gasteiger charge is -2.03. The molecule has 1 rings (SSSR count). The van der Waals surface area contributed by atoms with Crippen molar-refractivity contribution in [2.24, 2.45) is 0 Å². The normalized spacial score (nSPS) is 10.2. The van der Waals surface area contributed by atoms with Gasteiger partial charge in [0.05, 0.1) is 0 Å². The second kappa shape index (κ2) is 6.23. The highest BCUT2D eigenvalue weighted by Gasteiger charge is 2.00. The van der Waals surface area contributed by atoms with Gasteiger partial charge in [-0.1, -0.05) is 37.6 Å². The molecule has 82 valence electrons. The molecule has 0 heterocycles. The maximum Gasteiger partial charge on any atom is 0.303 e. The quantitative estimate of drug-likeness (QED) is 0.776. The third-order valence-electron chi connectivity index (χ3n) is 2.44. The zero-order valence-corrected chi connectivity index (χ0v) is 9.20. The smallest absolute Gasteiger partial charge is 0.303 e. The minimum atomic E-state index is -0.728. The summed E-state index contributed by atoms with van der Waals surface area (Å²) in [5.74, 6) is -0.728. The molecule has 0 amide bonds. The van der Waals surface area contributed by atoms with Gasteiger partial charge in [0.25, 0.3) is 0 Å². The minimum absolute atomic E-state index is 0.219. The van der Waals surface area contributed by atoms with Crippen LogP contribution in [0.3, 0.4) is 0 Å². The molecule has 1 N–H and O–H groups in total. The van der Waals surface area contributed by atoms with Crippen molar-refractivity contribution in [2.45, 2.75) is 39.0 Å². The first kappa shape index (κ1) is 11.8. The second-order valence-corrected chi connectivity index (χ2v) is 3.82. The Bertz CT molecular complexity index is 318. The van der Waals surface area contributed by atoms with Gasteiger partial charge in [0.15, 0.2) is 0 Å². The first-order valence-corrected chi connectivity index (χ1v) is 5.52. The van der Waals surface area contributed by atoms with E-state index in [1.165, 1.54) is 18.4 Å². The third-order valence-corrected chi connectivity index (χ3v) is 2.44. The number of aliphatic carboxylic acids is 1. The van der Waals surface area contributed by atoms with E-state index < -0.39 is 5.97 Å². The van der Waals surface area contributed by atoms with Crippen LogP contribution in [-0.4, -0.2) is 11.1 Å². The van der Waals surface area contributed by atoms with E-state index in [0.29, 0.717) is 6.42 Å². The molecule has 2 heteroatoms. The standard InChI is InChI=1S/C13H18O2/c1-2-3-5-11-6-4-7-12(10-11)8-9-13(14)15/h4,6-7,10H,2-3,5,8-9H2,1H3,(H,14,15). The Morgan fingerprint density at radius 3 is 2.53 bits per heavy atom. The van der Waals surface area contributed by atoms with Gasteiger partial charge in [-0.2, -0.15) is 0 Å². The second-order valence-electron chi connectivity index (χ2n) is 3.82. The molecule has 1 aromatic carbocycles. The predicted octanol–water partition coefficient (Wildman–Crippen LogP) is 3.05. The summed E-state index contributed by atoms with van der Waals surface area (Å²) < 4.78 is 0. The molecule has 0 spiro atoms. The molecule has 0 fully saturated rings. The highest BCUT2D eigenvalue weighted by Crippen LogP contribution is 2.10. The van der Waals surface area contributed by atoms with Crippen molar-refractivity contribution in [1.29, 1.82) is 0 Å². The van der Waals surface area contributed by atoms with Crippen molar-refractivity contribution < 1.29 is 9.90 Å². The highest BCUT2D eigenvalue weighted by atomic mass is 16.4. The van der Waals surface area contributed by atoms with E-state index in [1.807, 2.05) is 12.1 Å². The third kappa shape index (κ3) is 4.63. The van der Waals surface area contributed by atoms with Gasteiger partial charge >= 0.3 is 5.97 Å². The van der Waals surface area contributed by atoms with E-state index >= 15 is 0 Å². The molecule has 0 aliphatic rings. The van der Waals surface area contributed by atoms with Crippen LogP contribution in [0.4, 0.5) is 0 Å². The van der Waals surface area contributed by atoms with Crippen LogP contribution >= 0.6 is 0 Å². The lowest BCUT2D eigenvalue weighted by atomic mass is 10.0. The fraction of sp³-hybridized carbons (Fsp3) is 0.462. The lowest BCUT2D eigenvalue weighted by molar-refractivity contribution is -0.136. The molecule has 0 saturated heterocycles. The summed E-state index contributed by atoms with van der Waals surface area (Å²) >= 11 is 0. The summed E-state index contributed by atoms with van der Waals surface area (Å²) in [6.07, 6.45) is 4.34. The van der Waals surface area contributed by atoms with E-state index in [4.69, 9.17) is 5.11 Å². The van der Waals surface area contributed by atoms with Crippen molar-refractivity contribution in [3.05, 3.63) is 35.4 Å². The number of unbranched alkanes of at least 4 members (excludes halogenated alkanes) is 1. The van der Waals surface area contributed by atoms with E-state index in [2.05, 4.69) is 19.1 Å². The summed E-state index contributed by atoms with van der Waals surface area (Å²) in [4.78, 5) is 10.4. The zero-order chi connectivity index (χ0) is 11.1. The Kier molecular flexibility index (Phi) is 4.88. The molecule has 0 atom stereocenters. The van der Waals surface area contributed by atoms with E-state index in [9.17, 15) is 4.79 Å². The number of hydrogen-bond acceptors (Lipinski definition) is 1. The Balaban J connectivity index is 2.53. The maximum atomic E-state index is 10.4. The van der Waals surface area contributed by atoms with Crippen molar-refractivity contribution >= 4 is 5.97 Å². The number of carboxylic acids is 1. The van der Waals surface area contributed by atoms with Crippen LogP contribution in [0, 0.1) is 0 Å². The Hall–Kier alpha value is -1.31. The van der Waals surface area contributed by atoms with Gasteiger partial charge in [-0.3, -0.25) is 4.79 Å². The monoisotopic (exact) mass is 206 g/mol. The van der Waals surface area contributed by atoms with E-state index in [0.717, 1.165) is 12.0 Å². The lowest BCUT2D eigenvalue weighted by Crippen LogP contribution is -1.98. The fourth-order valence-corrected chi connectivity index (χ4v) is 1.57. The zero-order valence-electron chi connectivity index (χ0n) is 9.20. The molecule has 0 aliphatic carbocycles. The number of hydrogen-bond donors (Lipinski definition) is 1. The SMILES string of the molecule is CCCCc1cccc(CCC(=O)O)c1. The summed E-state index contributed by atoms with van der Waals surface area (Å²) in [5, 5.41) is 8.59. The van der Waals surface area contributed by atoms with Gasteiger partial charge in [0, 0.05) is 6.42 Å². The van der Waals surface area contributed by atoms with Gasteiger partial charge in [0.2, 0.25) is 0 Å². The minimum Gasteiger partial charge on any atom is -0.481 e. The van der Waals surface area contributed by atoms with Crippen molar-refractivity contribution in [1.82, 2.24) is 0 Å². The first-order chi connectivity index (χ1) is 7.22. The van der Waals surface area contributed by atoms with Crippen molar-refractivity contribution in [3.63, 3.8) is 0 Å². The van der Waals surface area contributed by atoms with Crippen molar-refractivity contribution in [3.8, 4) is 0 Å². The van der Waals surface area contributed by atoms with Gasteiger partial charge in [-0.15, -0.1) is 0 Å². The van der Waals surface area contributed by atoms with Crippen LogP contribution in [-0.2, 0) is 17.6 Å². The molecule has 0 unspecified atom stereocenters.